The molecule has 1 aromatic carbocycles. The second-order valence-electron chi connectivity index (χ2n) is 4.23. The number of carbonyl (C=O) groups excluding carboxylic acids is 2. The molecule has 1 heterocycles. The minimum atomic E-state index is -0.542. The van der Waals surface area contributed by atoms with Gasteiger partial charge in [0.25, 0.3) is 0 Å². The quantitative estimate of drug-likeness (QED) is 0.625. The second-order valence-corrected chi connectivity index (χ2v) is 4.23. The molecule has 1 aromatic heterocycles. The number of pyridine rings is 1. The van der Waals surface area contributed by atoms with Crippen molar-refractivity contribution in [3.8, 4) is 0 Å². The molecule has 0 saturated carbocycles. The Morgan fingerprint density at radius 1 is 1.10 bits per heavy atom. The molecule has 0 aliphatic rings. The van der Waals surface area contributed by atoms with Gasteiger partial charge in [0.15, 0.2) is 0 Å². The molecule has 0 aliphatic heterocycles. The highest BCUT2D eigenvalue weighted by Crippen LogP contribution is 2.23. The first-order valence-corrected chi connectivity index (χ1v) is 6.67. The predicted octanol–water partition coefficient (Wildman–Crippen LogP) is 2.70. The molecule has 21 heavy (non-hydrogen) atoms. The Hall–Kier alpha value is -2.69. The molecule has 0 aliphatic carbocycles. The zero-order chi connectivity index (χ0) is 15.1. The summed E-state index contributed by atoms with van der Waals surface area (Å²) in [6.07, 6.45) is 1.28. The molecule has 1 amide bonds. The number of carbonyl (C=O) groups is 2. The summed E-state index contributed by atoms with van der Waals surface area (Å²) in [5.74, 6) is -0.448. The van der Waals surface area contributed by atoms with Gasteiger partial charge in [-0.1, -0.05) is 24.3 Å². The van der Waals surface area contributed by atoms with Gasteiger partial charge in [0.1, 0.15) is 12.2 Å². The van der Waals surface area contributed by atoms with Crippen LogP contribution in [0.25, 0.3) is 0 Å². The van der Waals surface area contributed by atoms with Crippen molar-refractivity contribution in [2.75, 3.05) is 11.5 Å². The van der Waals surface area contributed by atoms with Crippen molar-refractivity contribution in [2.24, 2.45) is 0 Å². The maximum atomic E-state index is 12.4. The third kappa shape index (κ3) is 3.89. The van der Waals surface area contributed by atoms with E-state index in [1.807, 2.05) is 18.2 Å². The summed E-state index contributed by atoms with van der Waals surface area (Å²) in [6, 6.07) is 14.4. The van der Waals surface area contributed by atoms with Gasteiger partial charge in [-0.3, -0.25) is 14.5 Å². The number of anilines is 2. The maximum Gasteiger partial charge on any atom is 0.315 e. The van der Waals surface area contributed by atoms with E-state index in [0.717, 1.165) is 0 Å². The van der Waals surface area contributed by atoms with E-state index in [1.165, 1.54) is 4.90 Å². The third-order valence-electron chi connectivity index (χ3n) is 2.74. The molecule has 0 radical (unpaired) electrons. The fourth-order valence-electron chi connectivity index (χ4n) is 1.88. The topological polar surface area (TPSA) is 59.5 Å². The summed E-state index contributed by atoms with van der Waals surface area (Å²) in [4.78, 5) is 29.5. The van der Waals surface area contributed by atoms with Crippen LogP contribution in [0.3, 0.4) is 0 Å². The van der Waals surface area contributed by atoms with Gasteiger partial charge in [0.05, 0.1) is 12.3 Å². The summed E-state index contributed by atoms with van der Waals surface area (Å²) in [5, 5.41) is 0. The summed E-state index contributed by atoms with van der Waals surface area (Å²) in [6.45, 7) is 1.96. The molecule has 0 atom stereocenters. The second kappa shape index (κ2) is 7.19. The molecular formula is C16H16N2O3. The summed E-state index contributed by atoms with van der Waals surface area (Å²) in [7, 11) is 0. The molecule has 0 unspecified atom stereocenters. The molecule has 2 aromatic rings. The molecular weight excluding hydrogens is 268 g/mol. The Morgan fingerprint density at radius 2 is 1.81 bits per heavy atom. The largest absolute Gasteiger partial charge is 0.466 e. The van der Waals surface area contributed by atoms with Gasteiger partial charge in [-0.05, 0) is 31.2 Å². The zero-order valence-corrected chi connectivity index (χ0v) is 11.7. The molecule has 0 bridgehead atoms. The van der Waals surface area contributed by atoms with Crippen LogP contribution in [0.1, 0.15) is 13.3 Å². The van der Waals surface area contributed by atoms with Gasteiger partial charge in [-0.15, -0.1) is 0 Å². The van der Waals surface area contributed by atoms with Crippen LogP contribution in [0.5, 0.6) is 0 Å². The van der Waals surface area contributed by atoms with Crippen molar-refractivity contribution in [1.29, 1.82) is 0 Å². The summed E-state index contributed by atoms with van der Waals surface area (Å²) >= 11 is 0. The predicted molar refractivity (Wildman–Crippen MR) is 79.1 cm³/mol. The Bertz CT molecular complexity index is 560. The van der Waals surface area contributed by atoms with Gasteiger partial charge < -0.3 is 4.74 Å². The minimum Gasteiger partial charge on any atom is -0.466 e. The lowest BCUT2D eigenvalue weighted by atomic mass is 10.2. The fraction of sp³-hybridized carbons (Fsp3) is 0.188. The van der Waals surface area contributed by atoms with E-state index in [2.05, 4.69) is 4.98 Å². The van der Waals surface area contributed by atoms with E-state index in [-0.39, 0.29) is 18.9 Å². The van der Waals surface area contributed by atoms with E-state index in [4.69, 9.17) is 4.74 Å². The lowest BCUT2D eigenvalue weighted by Crippen LogP contribution is -2.29. The van der Waals surface area contributed by atoms with Crippen LogP contribution < -0.4 is 4.90 Å². The molecule has 0 N–H and O–H groups in total. The standard InChI is InChI=1S/C16H16N2O3/c1-2-21-16(20)12-15(19)18(13-8-4-3-5-9-13)14-10-6-7-11-17-14/h3-11H,2,12H2,1H3. The van der Waals surface area contributed by atoms with Crippen molar-refractivity contribution in [2.45, 2.75) is 13.3 Å². The Labute approximate surface area is 123 Å². The van der Waals surface area contributed by atoms with Crippen LogP contribution in [0.15, 0.2) is 54.7 Å². The highest BCUT2D eigenvalue weighted by molar-refractivity contribution is 6.07. The molecule has 108 valence electrons. The molecule has 5 heteroatoms. The number of aromatic nitrogens is 1. The Balaban J connectivity index is 2.29. The highest BCUT2D eigenvalue weighted by atomic mass is 16.5. The van der Waals surface area contributed by atoms with Gasteiger partial charge in [0.2, 0.25) is 5.91 Å². The van der Waals surface area contributed by atoms with Crippen LogP contribution in [0.2, 0.25) is 0 Å². The van der Waals surface area contributed by atoms with E-state index in [0.29, 0.717) is 11.5 Å². The van der Waals surface area contributed by atoms with Crippen LogP contribution in [-0.2, 0) is 14.3 Å². The molecule has 2 rings (SSSR count). The molecule has 0 spiro atoms. The first kappa shape index (κ1) is 14.7. The number of benzene rings is 1. The van der Waals surface area contributed by atoms with Crippen LogP contribution >= 0.6 is 0 Å². The van der Waals surface area contributed by atoms with Crippen molar-refractivity contribution in [3.63, 3.8) is 0 Å². The normalized spacial score (nSPS) is 9.95. The number of esters is 1. The molecule has 0 saturated heterocycles. The highest BCUT2D eigenvalue weighted by Gasteiger charge is 2.22. The lowest BCUT2D eigenvalue weighted by Gasteiger charge is -2.21. The van der Waals surface area contributed by atoms with Gasteiger partial charge in [0, 0.05) is 6.20 Å². The maximum absolute atomic E-state index is 12.4. The van der Waals surface area contributed by atoms with Gasteiger partial charge in [-0.2, -0.15) is 0 Å². The number of para-hydroxylation sites is 1. The molecule has 5 nitrogen and oxygen atoms in total. The average Bonchev–Trinajstić information content (AvgIpc) is 2.50. The summed E-state index contributed by atoms with van der Waals surface area (Å²) < 4.78 is 4.83. The van der Waals surface area contributed by atoms with Gasteiger partial charge >= 0.3 is 5.97 Å². The average molecular weight is 284 g/mol. The van der Waals surface area contributed by atoms with E-state index < -0.39 is 5.97 Å². The van der Waals surface area contributed by atoms with Crippen LogP contribution in [0, 0.1) is 0 Å². The van der Waals surface area contributed by atoms with Crippen molar-refractivity contribution >= 4 is 23.4 Å². The third-order valence-corrected chi connectivity index (χ3v) is 2.74. The van der Waals surface area contributed by atoms with Crippen LogP contribution in [-0.4, -0.2) is 23.5 Å². The summed E-state index contributed by atoms with van der Waals surface area (Å²) in [5.41, 5.74) is 0.658. The Morgan fingerprint density at radius 3 is 2.43 bits per heavy atom. The number of hydrogen-bond donors (Lipinski definition) is 0. The minimum absolute atomic E-state index is 0.251. The Kier molecular flexibility index (Phi) is 5.04. The first-order chi connectivity index (χ1) is 10.2. The van der Waals surface area contributed by atoms with E-state index in [1.54, 1.807) is 43.5 Å². The fourth-order valence-corrected chi connectivity index (χ4v) is 1.88. The number of ether oxygens (including phenoxy) is 1. The van der Waals surface area contributed by atoms with E-state index >= 15 is 0 Å². The van der Waals surface area contributed by atoms with Crippen molar-refractivity contribution in [1.82, 2.24) is 4.98 Å². The zero-order valence-electron chi connectivity index (χ0n) is 11.7. The van der Waals surface area contributed by atoms with Crippen molar-refractivity contribution < 1.29 is 14.3 Å². The van der Waals surface area contributed by atoms with E-state index in [9.17, 15) is 9.59 Å². The van der Waals surface area contributed by atoms with Crippen molar-refractivity contribution in [3.05, 3.63) is 54.7 Å². The monoisotopic (exact) mass is 284 g/mol. The number of nitrogens with zero attached hydrogens (tertiary/aromatic N) is 2. The van der Waals surface area contributed by atoms with Gasteiger partial charge in [-0.25, -0.2) is 4.98 Å². The first-order valence-electron chi connectivity index (χ1n) is 6.67. The lowest BCUT2D eigenvalue weighted by molar-refractivity contribution is -0.145. The molecule has 0 fully saturated rings. The smallest absolute Gasteiger partial charge is 0.315 e. The van der Waals surface area contributed by atoms with Crippen LogP contribution in [0.4, 0.5) is 11.5 Å². The number of amides is 1. The SMILES string of the molecule is CCOC(=O)CC(=O)N(c1ccccc1)c1ccccn1. The number of rotatable bonds is 5. The number of hydrogen-bond acceptors (Lipinski definition) is 4.